The maximum absolute atomic E-state index is 12.8. The maximum atomic E-state index is 12.8. The molecule has 2 heterocycles. The van der Waals surface area contributed by atoms with Crippen molar-refractivity contribution in [3.8, 4) is 0 Å². The van der Waals surface area contributed by atoms with Crippen molar-refractivity contribution in [2.24, 2.45) is 11.8 Å². The van der Waals surface area contributed by atoms with Crippen LogP contribution in [0.4, 0.5) is 0 Å². The zero-order valence-corrected chi connectivity index (χ0v) is 16.3. The Hall–Kier alpha value is -1.93. The van der Waals surface area contributed by atoms with E-state index < -0.39 is 16.0 Å². The number of carbonyl (C=O) groups is 2. The molecule has 1 aromatic carbocycles. The molecule has 2 aliphatic heterocycles. The highest BCUT2D eigenvalue weighted by atomic mass is 32.2. The molecule has 0 aromatic heterocycles. The van der Waals surface area contributed by atoms with Crippen molar-refractivity contribution in [2.75, 3.05) is 26.2 Å². The quantitative estimate of drug-likeness (QED) is 0.825. The number of aromatic carboxylic acids is 1. The van der Waals surface area contributed by atoms with Gasteiger partial charge in [0.2, 0.25) is 15.9 Å². The van der Waals surface area contributed by atoms with Gasteiger partial charge in [-0.25, -0.2) is 13.2 Å². The Labute approximate surface area is 160 Å². The first kappa shape index (κ1) is 19.8. The molecule has 1 aromatic rings. The van der Waals surface area contributed by atoms with E-state index >= 15 is 0 Å². The molecule has 1 amide bonds. The van der Waals surface area contributed by atoms with Crippen LogP contribution in [-0.4, -0.2) is 60.8 Å². The number of carboxylic acids is 1. The third-order valence-corrected chi connectivity index (χ3v) is 7.63. The Bertz CT molecular complexity index is 798. The van der Waals surface area contributed by atoms with Crippen LogP contribution < -0.4 is 0 Å². The van der Waals surface area contributed by atoms with Gasteiger partial charge in [-0.3, -0.25) is 4.79 Å². The molecule has 27 heavy (non-hydrogen) atoms. The molecule has 3 rings (SSSR count). The Morgan fingerprint density at radius 2 is 1.70 bits per heavy atom. The summed E-state index contributed by atoms with van der Waals surface area (Å²) in [5, 5.41) is 8.93. The van der Waals surface area contributed by atoms with Crippen LogP contribution in [0, 0.1) is 11.8 Å². The van der Waals surface area contributed by atoms with Crippen molar-refractivity contribution in [1.29, 1.82) is 0 Å². The summed E-state index contributed by atoms with van der Waals surface area (Å²) >= 11 is 0. The molecular formula is C19H26N2O5S. The summed E-state index contributed by atoms with van der Waals surface area (Å²) in [6.45, 7) is 4.40. The van der Waals surface area contributed by atoms with Gasteiger partial charge < -0.3 is 10.0 Å². The number of rotatable bonds is 5. The average Bonchev–Trinajstić information content (AvgIpc) is 3.17. The number of benzene rings is 1. The van der Waals surface area contributed by atoms with E-state index in [1.807, 2.05) is 4.90 Å². The lowest BCUT2D eigenvalue weighted by Gasteiger charge is -2.32. The Kier molecular flexibility index (Phi) is 5.86. The largest absolute Gasteiger partial charge is 0.478 e. The predicted molar refractivity (Wildman–Crippen MR) is 99.9 cm³/mol. The van der Waals surface area contributed by atoms with Gasteiger partial charge in [0.15, 0.2) is 0 Å². The zero-order valence-electron chi connectivity index (χ0n) is 15.5. The summed E-state index contributed by atoms with van der Waals surface area (Å²) in [4.78, 5) is 25.6. The fraction of sp³-hybridized carbons (Fsp3) is 0.579. The van der Waals surface area contributed by atoms with E-state index in [0.29, 0.717) is 31.8 Å². The van der Waals surface area contributed by atoms with E-state index in [4.69, 9.17) is 5.11 Å². The Balaban J connectivity index is 1.61. The summed E-state index contributed by atoms with van der Waals surface area (Å²) in [5.74, 6) is -0.455. The smallest absolute Gasteiger partial charge is 0.335 e. The van der Waals surface area contributed by atoms with Crippen molar-refractivity contribution in [3.05, 3.63) is 29.8 Å². The van der Waals surface area contributed by atoms with Crippen molar-refractivity contribution in [2.45, 2.75) is 37.5 Å². The second-order valence-corrected chi connectivity index (χ2v) is 9.29. The van der Waals surface area contributed by atoms with Crippen LogP contribution in [-0.2, 0) is 14.8 Å². The van der Waals surface area contributed by atoms with Crippen LogP contribution in [0.25, 0.3) is 0 Å². The maximum Gasteiger partial charge on any atom is 0.335 e. The van der Waals surface area contributed by atoms with Gasteiger partial charge in [-0.2, -0.15) is 4.31 Å². The second-order valence-electron chi connectivity index (χ2n) is 7.36. The lowest BCUT2D eigenvalue weighted by atomic mass is 9.96. The number of carboxylic acid groups (broad SMARTS) is 1. The van der Waals surface area contributed by atoms with Gasteiger partial charge in [-0.1, -0.05) is 13.3 Å². The average molecular weight is 394 g/mol. The Morgan fingerprint density at radius 3 is 2.22 bits per heavy atom. The van der Waals surface area contributed by atoms with Crippen molar-refractivity contribution < 1.29 is 23.1 Å². The number of sulfonamides is 1. The first-order chi connectivity index (χ1) is 12.8. The van der Waals surface area contributed by atoms with Crippen molar-refractivity contribution in [3.63, 3.8) is 0 Å². The third kappa shape index (κ3) is 4.16. The molecular weight excluding hydrogens is 368 g/mol. The van der Waals surface area contributed by atoms with Gasteiger partial charge in [-0.15, -0.1) is 0 Å². The standard InChI is InChI=1S/C19H26N2O5S/c1-2-14-7-10-20(13-14)18(22)15-8-11-21(12-9-15)27(25,26)17-5-3-16(4-6-17)19(23)24/h3-6,14-15H,2,7-13H2,1H3,(H,23,24). The molecule has 148 valence electrons. The monoisotopic (exact) mass is 394 g/mol. The van der Waals surface area contributed by atoms with Gasteiger partial charge in [0.05, 0.1) is 10.5 Å². The van der Waals surface area contributed by atoms with Crippen LogP contribution in [0.1, 0.15) is 43.0 Å². The third-order valence-electron chi connectivity index (χ3n) is 5.72. The van der Waals surface area contributed by atoms with Crippen LogP contribution in [0.3, 0.4) is 0 Å². The second kappa shape index (κ2) is 7.98. The fourth-order valence-corrected chi connectivity index (χ4v) is 5.36. The molecule has 2 saturated heterocycles. The molecule has 0 saturated carbocycles. The molecule has 0 aliphatic carbocycles. The minimum absolute atomic E-state index is 0.0502. The molecule has 1 N–H and O–H groups in total. The molecule has 7 nitrogen and oxygen atoms in total. The highest BCUT2D eigenvalue weighted by Gasteiger charge is 2.35. The number of likely N-dealkylation sites (tertiary alicyclic amines) is 1. The molecule has 1 atom stereocenters. The fourth-order valence-electron chi connectivity index (χ4n) is 3.89. The normalized spacial score (nSPS) is 22.1. The van der Waals surface area contributed by atoms with Crippen molar-refractivity contribution >= 4 is 21.9 Å². The van der Waals surface area contributed by atoms with Crippen LogP contribution >= 0.6 is 0 Å². The number of amides is 1. The van der Waals surface area contributed by atoms with Gasteiger partial charge in [-0.05, 0) is 49.4 Å². The summed E-state index contributed by atoms with van der Waals surface area (Å²) in [6.07, 6.45) is 3.19. The van der Waals surface area contributed by atoms with Crippen LogP contribution in [0.5, 0.6) is 0 Å². The first-order valence-electron chi connectivity index (χ1n) is 9.45. The number of carbonyl (C=O) groups excluding carboxylic acids is 1. The molecule has 2 aliphatic rings. The summed E-state index contributed by atoms with van der Waals surface area (Å²) in [6, 6.07) is 5.24. The van der Waals surface area contributed by atoms with E-state index in [2.05, 4.69) is 6.92 Å². The van der Waals surface area contributed by atoms with E-state index in [1.165, 1.54) is 28.6 Å². The minimum Gasteiger partial charge on any atom is -0.478 e. The number of hydrogen-bond donors (Lipinski definition) is 1. The Morgan fingerprint density at radius 1 is 1.07 bits per heavy atom. The molecule has 0 radical (unpaired) electrons. The lowest BCUT2D eigenvalue weighted by Crippen LogP contribution is -2.43. The number of piperidine rings is 1. The highest BCUT2D eigenvalue weighted by molar-refractivity contribution is 7.89. The molecule has 0 bridgehead atoms. The highest BCUT2D eigenvalue weighted by Crippen LogP contribution is 2.28. The molecule has 0 spiro atoms. The SMILES string of the molecule is CCC1CCN(C(=O)C2CCN(S(=O)(=O)c3ccc(C(=O)O)cc3)CC2)C1. The predicted octanol–water partition coefficient (Wildman–Crippen LogP) is 2.04. The number of nitrogens with zero attached hydrogens (tertiary/aromatic N) is 2. The van der Waals surface area contributed by atoms with Gasteiger partial charge in [0.1, 0.15) is 0 Å². The van der Waals surface area contributed by atoms with E-state index in [0.717, 1.165) is 25.9 Å². The van der Waals surface area contributed by atoms with Crippen LogP contribution in [0.2, 0.25) is 0 Å². The zero-order chi connectivity index (χ0) is 19.6. The topological polar surface area (TPSA) is 95.0 Å². The van der Waals surface area contributed by atoms with Gasteiger partial charge in [0, 0.05) is 32.1 Å². The first-order valence-corrected chi connectivity index (χ1v) is 10.9. The van der Waals surface area contributed by atoms with Crippen LogP contribution in [0.15, 0.2) is 29.2 Å². The van der Waals surface area contributed by atoms with Crippen molar-refractivity contribution in [1.82, 2.24) is 9.21 Å². The van der Waals surface area contributed by atoms with E-state index in [1.54, 1.807) is 0 Å². The molecule has 2 fully saturated rings. The molecule has 1 unspecified atom stereocenters. The number of hydrogen-bond acceptors (Lipinski definition) is 4. The van der Waals surface area contributed by atoms with E-state index in [-0.39, 0.29) is 22.3 Å². The minimum atomic E-state index is -3.67. The van der Waals surface area contributed by atoms with Gasteiger partial charge >= 0.3 is 5.97 Å². The van der Waals surface area contributed by atoms with Gasteiger partial charge in [0.25, 0.3) is 0 Å². The van der Waals surface area contributed by atoms with E-state index in [9.17, 15) is 18.0 Å². The summed E-state index contributed by atoms with van der Waals surface area (Å²) in [7, 11) is -3.67. The molecule has 8 heteroatoms. The summed E-state index contributed by atoms with van der Waals surface area (Å²) in [5.41, 5.74) is 0.0502. The lowest BCUT2D eigenvalue weighted by molar-refractivity contribution is -0.135. The summed E-state index contributed by atoms with van der Waals surface area (Å²) < 4.78 is 26.9.